The van der Waals surface area contributed by atoms with Gasteiger partial charge in [-0.1, -0.05) is 25.7 Å². The molecule has 5 aromatic heterocycles. The lowest BCUT2D eigenvalue weighted by molar-refractivity contribution is 0.513. The van der Waals surface area contributed by atoms with Gasteiger partial charge in [0.05, 0.1) is 11.9 Å². The number of hydrogen-bond donors (Lipinski definition) is 4. The molecule has 2 aliphatic carbocycles. The molecule has 7 heterocycles. The molecule has 4 fully saturated rings. The van der Waals surface area contributed by atoms with Gasteiger partial charge in [-0.15, -0.1) is 0 Å². The predicted molar refractivity (Wildman–Crippen MR) is 244 cm³/mol. The van der Waals surface area contributed by atoms with Gasteiger partial charge in [0.2, 0.25) is 11.9 Å². The standard InChI is InChI=1S/C24H30N6O.C22H27N7O/c1-16-17(2)23(31)30(20-5-3-4-6-20)22-21(16)15-26-24(28-22)27-18-7-9-19(10-8-18)29-13-11-25-12-14-29;1-15-12-16-13-25-22(27-20(16)29(21(15)30)17-4-2-3-5-17)26-19-7-6-18(14-24-19)28-10-8-23-9-11-28/h7-10,15,20,25H,3-6,11-14H2,1-2H3,(H,26,27,28);6-7,12-14,17,23H,2-5,8-11H2,1H3,(H,24,25,26,27). The van der Waals surface area contributed by atoms with Gasteiger partial charge in [0, 0.05) is 110 Å². The van der Waals surface area contributed by atoms with Crippen molar-refractivity contribution in [3.05, 3.63) is 98.5 Å². The monoisotopic (exact) mass is 823 g/mol. The summed E-state index contributed by atoms with van der Waals surface area (Å²) in [6.07, 6.45) is 14.3. The van der Waals surface area contributed by atoms with Crippen molar-refractivity contribution in [1.82, 2.24) is 44.7 Å². The number of pyridine rings is 3. The number of benzene rings is 1. The Morgan fingerprint density at radius 2 is 1.15 bits per heavy atom. The third-order valence-corrected chi connectivity index (χ3v) is 12.9. The maximum absolute atomic E-state index is 13.1. The lowest BCUT2D eigenvalue weighted by Crippen LogP contribution is -2.43. The molecule has 0 atom stereocenters. The van der Waals surface area contributed by atoms with Crippen LogP contribution >= 0.6 is 0 Å². The van der Waals surface area contributed by atoms with Crippen molar-refractivity contribution in [2.75, 3.05) is 72.8 Å². The highest BCUT2D eigenvalue weighted by Crippen LogP contribution is 2.33. The van der Waals surface area contributed by atoms with Gasteiger partial charge >= 0.3 is 0 Å². The van der Waals surface area contributed by atoms with E-state index in [1.165, 1.54) is 18.5 Å². The normalized spacial score (nSPS) is 17.5. The highest BCUT2D eigenvalue weighted by atomic mass is 16.1. The van der Waals surface area contributed by atoms with Crippen molar-refractivity contribution < 1.29 is 0 Å². The number of aryl methyl sites for hydroxylation is 2. The van der Waals surface area contributed by atoms with E-state index in [0.29, 0.717) is 23.4 Å². The number of piperazine rings is 2. The van der Waals surface area contributed by atoms with Crippen LogP contribution in [0, 0.1) is 20.8 Å². The third-order valence-electron chi connectivity index (χ3n) is 12.9. The van der Waals surface area contributed by atoms with E-state index in [1.807, 2.05) is 54.4 Å². The number of aromatic nitrogens is 7. The smallest absolute Gasteiger partial charge is 0.255 e. The second kappa shape index (κ2) is 18.0. The molecule has 2 aliphatic heterocycles. The average molecular weight is 824 g/mol. The quantitative estimate of drug-likeness (QED) is 0.133. The molecule has 0 spiro atoms. The van der Waals surface area contributed by atoms with Crippen molar-refractivity contribution >= 4 is 56.8 Å². The highest BCUT2D eigenvalue weighted by Gasteiger charge is 2.24. The molecular weight excluding hydrogens is 767 g/mol. The minimum absolute atomic E-state index is 0.0533. The fourth-order valence-corrected chi connectivity index (χ4v) is 9.33. The molecule has 4 aliphatic rings. The van der Waals surface area contributed by atoms with Crippen molar-refractivity contribution in [2.24, 2.45) is 0 Å². The van der Waals surface area contributed by atoms with E-state index < -0.39 is 0 Å². The Bertz CT molecular complexity index is 2600. The van der Waals surface area contributed by atoms with Gasteiger partial charge in [-0.25, -0.2) is 15.0 Å². The van der Waals surface area contributed by atoms with Crippen LogP contribution in [0.2, 0.25) is 0 Å². The number of anilines is 6. The Labute approximate surface area is 356 Å². The second-order valence-corrected chi connectivity index (χ2v) is 16.9. The van der Waals surface area contributed by atoms with Crippen LogP contribution in [0.25, 0.3) is 22.1 Å². The van der Waals surface area contributed by atoms with Crippen LogP contribution in [0.3, 0.4) is 0 Å². The van der Waals surface area contributed by atoms with Gasteiger partial charge in [0.25, 0.3) is 11.1 Å². The molecule has 0 radical (unpaired) electrons. The Kier molecular flexibility index (Phi) is 11.9. The van der Waals surface area contributed by atoms with Gasteiger partial charge < -0.3 is 31.1 Å². The number of nitrogens with one attached hydrogen (secondary N) is 4. The number of fused-ring (bicyclic) bond motifs is 2. The first-order chi connectivity index (χ1) is 29.8. The molecule has 10 rings (SSSR count). The minimum atomic E-state index is 0.0533. The Morgan fingerprint density at radius 1 is 0.590 bits per heavy atom. The number of nitrogens with zero attached hydrogens (tertiary/aromatic N) is 9. The van der Waals surface area contributed by atoms with Crippen LogP contribution in [0.4, 0.5) is 34.8 Å². The van der Waals surface area contributed by atoms with E-state index in [9.17, 15) is 9.59 Å². The Balaban J connectivity index is 0.000000156. The summed E-state index contributed by atoms with van der Waals surface area (Å²) in [5.74, 6) is 1.67. The maximum atomic E-state index is 13.1. The van der Waals surface area contributed by atoms with Crippen molar-refractivity contribution in [1.29, 1.82) is 0 Å². The molecule has 0 bridgehead atoms. The van der Waals surface area contributed by atoms with Crippen LogP contribution in [-0.2, 0) is 0 Å². The maximum Gasteiger partial charge on any atom is 0.255 e. The summed E-state index contributed by atoms with van der Waals surface area (Å²) in [5.41, 5.74) is 7.38. The molecule has 15 heteroatoms. The molecule has 15 nitrogen and oxygen atoms in total. The summed E-state index contributed by atoms with van der Waals surface area (Å²) < 4.78 is 3.80. The zero-order valence-electron chi connectivity index (χ0n) is 35.6. The van der Waals surface area contributed by atoms with E-state index in [-0.39, 0.29) is 23.2 Å². The van der Waals surface area contributed by atoms with Crippen LogP contribution in [0.15, 0.2) is 70.6 Å². The summed E-state index contributed by atoms with van der Waals surface area (Å²) in [6.45, 7) is 13.8. The van der Waals surface area contributed by atoms with Gasteiger partial charge in [-0.3, -0.25) is 18.7 Å². The molecule has 6 aromatic rings. The topological polar surface area (TPSA) is 163 Å². The molecule has 318 valence electrons. The molecule has 0 amide bonds. The first kappa shape index (κ1) is 40.5. The van der Waals surface area contributed by atoms with E-state index in [0.717, 1.165) is 135 Å². The van der Waals surface area contributed by atoms with Gasteiger partial charge in [0.1, 0.15) is 17.1 Å². The molecular formula is C46H57N13O2. The molecule has 0 unspecified atom stereocenters. The summed E-state index contributed by atoms with van der Waals surface area (Å²) >= 11 is 0. The van der Waals surface area contributed by atoms with Gasteiger partial charge in [0.15, 0.2) is 0 Å². The van der Waals surface area contributed by atoms with E-state index >= 15 is 0 Å². The molecule has 2 saturated carbocycles. The second-order valence-electron chi connectivity index (χ2n) is 16.9. The zero-order valence-corrected chi connectivity index (χ0v) is 35.6. The number of rotatable bonds is 8. The average Bonchev–Trinajstić information content (AvgIpc) is 4.04. The minimum Gasteiger partial charge on any atom is -0.369 e. The highest BCUT2D eigenvalue weighted by molar-refractivity contribution is 5.81. The first-order valence-electron chi connectivity index (χ1n) is 22.1. The molecule has 2 saturated heterocycles. The summed E-state index contributed by atoms with van der Waals surface area (Å²) in [6, 6.07) is 14.8. The van der Waals surface area contributed by atoms with Crippen LogP contribution in [0.1, 0.15) is 80.1 Å². The third kappa shape index (κ3) is 8.67. The van der Waals surface area contributed by atoms with Crippen molar-refractivity contribution in [2.45, 2.75) is 84.2 Å². The number of hydrogen-bond acceptors (Lipinski definition) is 13. The lowest BCUT2D eigenvalue weighted by Gasteiger charge is -2.29. The predicted octanol–water partition coefficient (Wildman–Crippen LogP) is 6.44. The molecule has 4 N–H and O–H groups in total. The van der Waals surface area contributed by atoms with Crippen LogP contribution in [-0.4, -0.2) is 86.4 Å². The van der Waals surface area contributed by atoms with E-state index in [2.05, 4.69) is 76.4 Å². The summed E-state index contributed by atoms with van der Waals surface area (Å²) in [4.78, 5) is 53.8. The van der Waals surface area contributed by atoms with Crippen molar-refractivity contribution in [3.63, 3.8) is 0 Å². The summed E-state index contributed by atoms with van der Waals surface area (Å²) in [5, 5.41) is 15.1. The van der Waals surface area contributed by atoms with E-state index in [1.54, 1.807) is 6.20 Å². The lowest BCUT2D eigenvalue weighted by atomic mass is 10.1. The zero-order chi connectivity index (χ0) is 41.9. The first-order valence-corrected chi connectivity index (χ1v) is 22.1. The van der Waals surface area contributed by atoms with E-state index in [4.69, 9.17) is 9.97 Å². The molecule has 1 aromatic carbocycles. The van der Waals surface area contributed by atoms with Crippen LogP contribution in [0.5, 0.6) is 0 Å². The summed E-state index contributed by atoms with van der Waals surface area (Å²) in [7, 11) is 0. The van der Waals surface area contributed by atoms with Gasteiger partial charge in [-0.05, 0) is 94.5 Å². The Hall–Kier alpha value is -5.93. The fourth-order valence-electron chi connectivity index (χ4n) is 9.33. The van der Waals surface area contributed by atoms with Gasteiger partial charge in [-0.2, -0.15) is 9.97 Å². The molecule has 61 heavy (non-hydrogen) atoms. The van der Waals surface area contributed by atoms with Crippen molar-refractivity contribution in [3.8, 4) is 0 Å². The largest absolute Gasteiger partial charge is 0.369 e. The fraction of sp³-hybridized carbons (Fsp3) is 0.457. The van der Waals surface area contributed by atoms with Crippen LogP contribution < -0.4 is 42.2 Å². The SMILES string of the molecule is Cc1c(C)c2cnc(Nc3ccc(N4CCNCC4)cc3)nc2n(C2CCCC2)c1=O.Cc1cc2cnc(Nc3ccc(N4CCNCC4)cn3)nc2n(C2CCCC2)c1=O. The Morgan fingerprint density at radius 3 is 1.77 bits per heavy atom.